The monoisotopic (exact) mass is 422 g/mol. The van der Waals surface area contributed by atoms with Crippen molar-refractivity contribution in [3.63, 3.8) is 0 Å². The van der Waals surface area contributed by atoms with Crippen molar-refractivity contribution in [2.24, 2.45) is 0 Å². The van der Waals surface area contributed by atoms with Crippen molar-refractivity contribution in [1.82, 2.24) is 30.1 Å². The van der Waals surface area contributed by atoms with Crippen LogP contribution in [0.5, 0.6) is 0 Å². The molecular weight excluding hydrogens is 392 g/mol. The number of rotatable bonds is 6. The number of nitrogens with zero attached hydrogens (tertiary/aromatic N) is 5. The summed E-state index contributed by atoms with van der Waals surface area (Å²) in [5.41, 5.74) is 5.24. The van der Waals surface area contributed by atoms with Crippen LogP contribution in [0, 0.1) is 20.8 Å². The zero-order chi connectivity index (χ0) is 21.8. The Bertz CT molecular complexity index is 1020. The first-order valence-electron chi connectivity index (χ1n) is 10.7. The van der Waals surface area contributed by atoms with Crippen molar-refractivity contribution in [3.05, 3.63) is 70.4 Å². The van der Waals surface area contributed by atoms with E-state index >= 15 is 0 Å². The molecule has 2 aromatic heterocycles. The number of aromatic nitrogens is 3. The first-order valence-corrected chi connectivity index (χ1v) is 10.7. The van der Waals surface area contributed by atoms with Gasteiger partial charge in [0, 0.05) is 50.0 Å². The zero-order valence-corrected chi connectivity index (χ0v) is 18.5. The van der Waals surface area contributed by atoms with Gasteiger partial charge in [0.2, 0.25) is 0 Å². The first-order chi connectivity index (χ1) is 15.0. The number of amides is 2. The lowest BCUT2D eigenvalue weighted by Crippen LogP contribution is -2.51. The molecule has 2 amide bonds. The summed E-state index contributed by atoms with van der Waals surface area (Å²) in [4.78, 5) is 16.9. The molecule has 4 rings (SSSR count). The van der Waals surface area contributed by atoms with Crippen LogP contribution in [0.2, 0.25) is 0 Å². The number of aryl methyl sites for hydroxylation is 2. The minimum atomic E-state index is -0.0234. The van der Waals surface area contributed by atoms with Gasteiger partial charge in [-0.2, -0.15) is 5.10 Å². The van der Waals surface area contributed by atoms with E-state index in [0.717, 1.165) is 54.6 Å². The molecule has 0 atom stereocenters. The second-order valence-electron chi connectivity index (χ2n) is 8.15. The van der Waals surface area contributed by atoms with Crippen LogP contribution in [0.15, 0.2) is 40.9 Å². The maximum Gasteiger partial charge on any atom is 0.317 e. The summed E-state index contributed by atoms with van der Waals surface area (Å²) in [6, 6.07) is 12.2. The molecule has 164 valence electrons. The van der Waals surface area contributed by atoms with Crippen LogP contribution in [-0.4, -0.2) is 56.9 Å². The van der Waals surface area contributed by atoms with E-state index in [1.54, 1.807) is 0 Å². The number of carbonyl (C=O) groups is 1. The minimum absolute atomic E-state index is 0.0234. The highest BCUT2D eigenvalue weighted by atomic mass is 16.5. The molecule has 0 bridgehead atoms. The topological polar surface area (TPSA) is 79.4 Å². The lowest BCUT2D eigenvalue weighted by Gasteiger charge is -2.34. The predicted molar refractivity (Wildman–Crippen MR) is 118 cm³/mol. The molecular formula is C23H30N6O2. The lowest BCUT2D eigenvalue weighted by atomic mass is 10.2. The van der Waals surface area contributed by atoms with Crippen molar-refractivity contribution in [1.29, 1.82) is 0 Å². The lowest BCUT2D eigenvalue weighted by molar-refractivity contribution is 0.127. The van der Waals surface area contributed by atoms with Crippen LogP contribution in [0.3, 0.4) is 0 Å². The first kappa shape index (κ1) is 21.1. The summed E-state index contributed by atoms with van der Waals surface area (Å²) in [6.07, 6.45) is 0. The van der Waals surface area contributed by atoms with E-state index in [2.05, 4.69) is 39.5 Å². The molecule has 0 spiro atoms. The van der Waals surface area contributed by atoms with Gasteiger partial charge in [-0.3, -0.25) is 9.58 Å². The van der Waals surface area contributed by atoms with Gasteiger partial charge in [0.05, 0.1) is 24.5 Å². The molecule has 0 aliphatic carbocycles. The van der Waals surface area contributed by atoms with Gasteiger partial charge in [-0.05, 0) is 26.3 Å². The number of benzene rings is 1. The normalized spacial score (nSPS) is 14.7. The molecule has 1 fully saturated rings. The van der Waals surface area contributed by atoms with E-state index in [-0.39, 0.29) is 6.03 Å². The fourth-order valence-corrected chi connectivity index (χ4v) is 4.00. The highest BCUT2D eigenvalue weighted by molar-refractivity contribution is 5.74. The van der Waals surface area contributed by atoms with Gasteiger partial charge in [0.25, 0.3) is 0 Å². The van der Waals surface area contributed by atoms with Crippen LogP contribution in [0.25, 0.3) is 0 Å². The highest BCUT2D eigenvalue weighted by Crippen LogP contribution is 2.15. The second-order valence-corrected chi connectivity index (χ2v) is 8.15. The molecule has 0 radical (unpaired) electrons. The number of carbonyl (C=O) groups excluding carboxylic acids is 1. The zero-order valence-electron chi connectivity index (χ0n) is 18.5. The van der Waals surface area contributed by atoms with Crippen LogP contribution in [0.4, 0.5) is 4.79 Å². The summed E-state index contributed by atoms with van der Waals surface area (Å²) in [5, 5.41) is 11.7. The van der Waals surface area contributed by atoms with E-state index in [1.165, 1.54) is 5.56 Å². The summed E-state index contributed by atoms with van der Waals surface area (Å²) >= 11 is 0. The molecule has 1 aromatic carbocycles. The van der Waals surface area contributed by atoms with Gasteiger partial charge in [-0.1, -0.05) is 35.5 Å². The summed E-state index contributed by atoms with van der Waals surface area (Å²) in [6.45, 7) is 11.0. The molecule has 8 heteroatoms. The molecule has 1 aliphatic rings. The number of piperazine rings is 1. The predicted octanol–water partition coefficient (Wildman–Crippen LogP) is 2.87. The van der Waals surface area contributed by atoms with Crippen molar-refractivity contribution >= 4 is 6.03 Å². The smallest absolute Gasteiger partial charge is 0.317 e. The molecule has 8 nitrogen and oxygen atoms in total. The summed E-state index contributed by atoms with van der Waals surface area (Å²) in [5.74, 6) is 0.869. The Labute approximate surface area is 182 Å². The fraction of sp³-hybridized carbons (Fsp3) is 0.435. The molecule has 0 unspecified atom stereocenters. The average molecular weight is 423 g/mol. The van der Waals surface area contributed by atoms with E-state index in [4.69, 9.17) is 4.52 Å². The Hall–Kier alpha value is -3.13. The van der Waals surface area contributed by atoms with Gasteiger partial charge in [-0.25, -0.2) is 4.79 Å². The third-order valence-corrected chi connectivity index (χ3v) is 5.84. The molecule has 3 aromatic rings. The molecule has 0 saturated carbocycles. The van der Waals surface area contributed by atoms with E-state index in [1.807, 2.05) is 47.7 Å². The van der Waals surface area contributed by atoms with Crippen LogP contribution in [-0.2, 0) is 19.6 Å². The van der Waals surface area contributed by atoms with Crippen molar-refractivity contribution in [2.45, 2.75) is 40.4 Å². The Morgan fingerprint density at radius 3 is 2.48 bits per heavy atom. The molecule has 31 heavy (non-hydrogen) atoms. The van der Waals surface area contributed by atoms with Crippen molar-refractivity contribution in [2.75, 3.05) is 26.2 Å². The average Bonchev–Trinajstić information content (AvgIpc) is 3.29. The largest absolute Gasteiger partial charge is 0.360 e. The van der Waals surface area contributed by atoms with E-state index in [9.17, 15) is 4.79 Å². The molecule has 1 aliphatic heterocycles. The van der Waals surface area contributed by atoms with Gasteiger partial charge in [0.15, 0.2) is 5.76 Å². The van der Waals surface area contributed by atoms with Crippen molar-refractivity contribution in [3.8, 4) is 0 Å². The van der Waals surface area contributed by atoms with Gasteiger partial charge < -0.3 is 14.7 Å². The Balaban J connectivity index is 1.28. The van der Waals surface area contributed by atoms with E-state index in [0.29, 0.717) is 19.6 Å². The number of hydrogen-bond acceptors (Lipinski definition) is 5. The number of nitrogens with one attached hydrogen (secondary N) is 1. The van der Waals surface area contributed by atoms with Crippen LogP contribution < -0.4 is 5.32 Å². The highest BCUT2D eigenvalue weighted by Gasteiger charge is 2.22. The number of urea groups is 1. The van der Waals surface area contributed by atoms with Crippen LogP contribution >= 0.6 is 0 Å². The Kier molecular flexibility index (Phi) is 6.36. The van der Waals surface area contributed by atoms with Gasteiger partial charge in [0.1, 0.15) is 0 Å². The molecule has 1 saturated heterocycles. The van der Waals surface area contributed by atoms with Crippen LogP contribution in [0.1, 0.15) is 34.0 Å². The number of hydrogen-bond donors (Lipinski definition) is 1. The van der Waals surface area contributed by atoms with Gasteiger partial charge >= 0.3 is 6.03 Å². The Morgan fingerprint density at radius 2 is 1.81 bits per heavy atom. The molecule has 1 N–H and O–H groups in total. The fourth-order valence-electron chi connectivity index (χ4n) is 4.00. The third kappa shape index (κ3) is 5.14. The van der Waals surface area contributed by atoms with E-state index < -0.39 is 0 Å². The summed E-state index contributed by atoms with van der Waals surface area (Å²) < 4.78 is 7.31. The maximum absolute atomic E-state index is 12.7. The maximum atomic E-state index is 12.7. The SMILES string of the molecule is Cc1cc(CN2CCN(C(=O)NCc3c(C)nn(Cc4ccccc4)c3C)CC2)on1. The van der Waals surface area contributed by atoms with Gasteiger partial charge in [-0.15, -0.1) is 0 Å². The Morgan fingerprint density at radius 1 is 1.06 bits per heavy atom. The third-order valence-electron chi connectivity index (χ3n) is 5.84. The minimum Gasteiger partial charge on any atom is -0.360 e. The quantitative estimate of drug-likeness (QED) is 0.661. The second kappa shape index (κ2) is 9.34. The molecule has 3 heterocycles. The summed E-state index contributed by atoms with van der Waals surface area (Å²) in [7, 11) is 0. The standard InChI is InChI=1S/C23H30N6O2/c1-17-13-21(31-26-17)16-27-9-11-28(12-10-27)23(30)24-14-22-18(2)25-29(19(22)3)15-20-7-5-4-6-8-20/h4-8,13H,9-12,14-16H2,1-3H3,(H,24,30). The van der Waals surface area contributed by atoms with Crippen molar-refractivity contribution < 1.29 is 9.32 Å².